The number of benzene rings is 1. The first-order chi connectivity index (χ1) is 13.0. The lowest BCUT2D eigenvalue weighted by Gasteiger charge is -2.45. The van der Waals surface area contributed by atoms with Gasteiger partial charge in [0.1, 0.15) is 6.61 Å². The quantitative estimate of drug-likeness (QED) is 0.799. The second-order valence-electron chi connectivity index (χ2n) is 7.72. The minimum Gasteiger partial charge on any atom is -0.465 e. The van der Waals surface area contributed by atoms with Gasteiger partial charge in [-0.25, -0.2) is 9.59 Å². The van der Waals surface area contributed by atoms with Gasteiger partial charge >= 0.3 is 12.2 Å². The molecule has 2 aliphatic heterocycles. The average molecular weight is 375 g/mol. The van der Waals surface area contributed by atoms with Crippen LogP contribution in [0, 0.1) is 11.8 Å². The Labute approximate surface area is 160 Å². The van der Waals surface area contributed by atoms with Gasteiger partial charge in [0, 0.05) is 32.2 Å². The molecule has 0 saturated carbocycles. The number of likely N-dealkylation sites (tertiary alicyclic amines) is 2. The third kappa shape index (κ3) is 5.60. The number of hydrogen-bond acceptors (Lipinski definition) is 4. The third-order valence-electron chi connectivity index (χ3n) is 5.50. The van der Waals surface area contributed by atoms with Crippen LogP contribution >= 0.6 is 0 Å². The molecule has 2 fully saturated rings. The first kappa shape index (κ1) is 19.5. The molecule has 0 bridgehead atoms. The van der Waals surface area contributed by atoms with Gasteiger partial charge in [0.15, 0.2) is 0 Å². The fourth-order valence-corrected chi connectivity index (χ4v) is 4.01. The summed E-state index contributed by atoms with van der Waals surface area (Å²) in [7, 11) is 0. The number of alkyl carbamates (subject to hydrolysis) is 1. The summed E-state index contributed by atoms with van der Waals surface area (Å²) in [5.41, 5.74) is 0.968. The summed E-state index contributed by atoms with van der Waals surface area (Å²) in [6.07, 6.45) is 1.08. The molecule has 2 amide bonds. The van der Waals surface area contributed by atoms with Crippen LogP contribution in [0.25, 0.3) is 0 Å². The van der Waals surface area contributed by atoms with Crippen molar-refractivity contribution in [2.75, 3.05) is 32.7 Å². The number of nitrogens with zero attached hydrogens (tertiary/aromatic N) is 2. The summed E-state index contributed by atoms with van der Waals surface area (Å²) in [4.78, 5) is 26.8. The second-order valence-corrected chi connectivity index (χ2v) is 7.72. The highest BCUT2D eigenvalue weighted by atomic mass is 16.5. The van der Waals surface area contributed by atoms with E-state index in [-0.39, 0.29) is 12.6 Å². The number of piperidine rings is 1. The van der Waals surface area contributed by atoms with Crippen molar-refractivity contribution in [3.05, 3.63) is 35.9 Å². The zero-order valence-corrected chi connectivity index (χ0v) is 15.8. The normalized spacial score (nSPS) is 22.0. The summed E-state index contributed by atoms with van der Waals surface area (Å²) < 4.78 is 5.28. The maximum absolute atomic E-state index is 12.0. The lowest BCUT2D eigenvalue weighted by molar-refractivity contribution is 0.0255. The monoisotopic (exact) mass is 375 g/mol. The van der Waals surface area contributed by atoms with Gasteiger partial charge in [-0.15, -0.1) is 0 Å². The first-order valence-corrected chi connectivity index (χ1v) is 9.68. The van der Waals surface area contributed by atoms with Gasteiger partial charge in [-0.2, -0.15) is 0 Å². The topological polar surface area (TPSA) is 82.1 Å². The molecule has 0 aliphatic carbocycles. The second kappa shape index (κ2) is 9.08. The highest BCUT2D eigenvalue weighted by Gasteiger charge is 2.37. The van der Waals surface area contributed by atoms with Gasteiger partial charge in [-0.05, 0) is 43.7 Å². The molecule has 27 heavy (non-hydrogen) atoms. The molecule has 7 heteroatoms. The third-order valence-corrected chi connectivity index (χ3v) is 5.50. The van der Waals surface area contributed by atoms with E-state index in [4.69, 9.17) is 9.84 Å². The zero-order chi connectivity index (χ0) is 19.2. The smallest absolute Gasteiger partial charge is 0.407 e. The highest BCUT2D eigenvalue weighted by molar-refractivity contribution is 5.67. The Morgan fingerprint density at radius 1 is 1.22 bits per heavy atom. The molecule has 2 aliphatic rings. The Bertz CT molecular complexity index is 633. The SMILES string of the molecule is C[C@H](CN1CCC[C@H](C2CN(C(=O)O)C2)C1)NC(=O)OCc1ccccc1. The van der Waals surface area contributed by atoms with Gasteiger partial charge in [0.25, 0.3) is 0 Å². The van der Waals surface area contributed by atoms with Crippen molar-refractivity contribution in [3.8, 4) is 0 Å². The molecule has 1 aromatic rings. The van der Waals surface area contributed by atoms with Crippen LogP contribution in [0.4, 0.5) is 9.59 Å². The molecule has 0 spiro atoms. The molecular formula is C20H29N3O4. The summed E-state index contributed by atoms with van der Waals surface area (Å²) in [5.74, 6) is 1.02. The molecule has 1 aromatic carbocycles. The molecule has 148 valence electrons. The first-order valence-electron chi connectivity index (χ1n) is 9.68. The van der Waals surface area contributed by atoms with Crippen LogP contribution in [0.1, 0.15) is 25.3 Å². The Morgan fingerprint density at radius 3 is 2.67 bits per heavy atom. The van der Waals surface area contributed by atoms with Gasteiger partial charge in [-0.3, -0.25) is 0 Å². The maximum Gasteiger partial charge on any atom is 0.407 e. The molecule has 2 heterocycles. The van der Waals surface area contributed by atoms with E-state index in [2.05, 4.69) is 10.2 Å². The van der Waals surface area contributed by atoms with Gasteiger partial charge in [0.05, 0.1) is 0 Å². The van der Waals surface area contributed by atoms with Gasteiger partial charge in [-0.1, -0.05) is 30.3 Å². The van der Waals surface area contributed by atoms with E-state index in [0.717, 1.165) is 38.0 Å². The van der Waals surface area contributed by atoms with E-state index in [1.807, 2.05) is 37.3 Å². The molecule has 3 rings (SSSR count). The average Bonchev–Trinajstić information content (AvgIpc) is 2.59. The Kier molecular flexibility index (Phi) is 6.55. The summed E-state index contributed by atoms with van der Waals surface area (Å²) in [6, 6.07) is 9.63. The number of ether oxygens (including phenoxy) is 1. The number of carbonyl (C=O) groups excluding carboxylic acids is 1. The minimum absolute atomic E-state index is 0.00364. The number of carboxylic acid groups (broad SMARTS) is 1. The fourth-order valence-electron chi connectivity index (χ4n) is 4.01. The van der Waals surface area contributed by atoms with E-state index in [0.29, 0.717) is 24.9 Å². The summed E-state index contributed by atoms with van der Waals surface area (Å²) in [5, 5.41) is 11.9. The van der Waals surface area contributed by atoms with Crippen molar-refractivity contribution in [1.82, 2.24) is 15.1 Å². The zero-order valence-electron chi connectivity index (χ0n) is 15.8. The molecule has 2 saturated heterocycles. The van der Waals surface area contributed by atoms with Crippen molar-refractivity contribution in [2.45, 2.75) is 32.4 Å². The summed E-state index contributed by atoms with van der Waals surface area (Å²) in [6.45, 7) is 6.36. The van der Waals surface area contributed by atoms with Crippen LogP contribution in [0.15, 0.2) is 30.3 Å². The Balaban J connectivity index is 1.36. The van der Waals surface area contributed by atoms with Crippen LogP contribution in [-0.2, 0) is 11.3 Å². The Hall–Kier alpha value is -2.28. The standard InChI is InChI=1S/C20H29N3O4/c1-15(21-19(24)27-14-16-6-3-2-4-7-16)10-22-9-5-8-17(11-22)18-12-23(13-18)20(25)26/h2-4,6-7,15,17-18H,5,8-14H2,1H3,(H,21,24)(H,25,26)/t15-,17+/m1/s1. The van der Waals surface area contributed by atoms with E-state index in [1.54, 1.807) is 0 Å². The lowest BCUT2D eigenvalue weighted by Crippen LogP contribution is -2.55. The molecule has 2 atom stereocenters. The maximum atomic E-state index is 12.0. The molecule has 7 nitrogen and oxygen atoms in total. The number of hydrogen-bond donors (Lipinski definition) is 2. The van der Waals surface area contributed by atoms with Gasteiger partial charge < -0.3 is 25.0 Å². The van der Waals surface area contributed by atoms with Crippen LogP contribution in [0.5, 0.6) is 0 Å². The number of amides is 2. The summed E-state index contributed by atoms with van der Waals surface area (Å²) >= 11 is 0. The molecule has 0 aromatic heterocycles. The van der Waals surface area contributed by atoms with Gasteiger partial charge in [0.2, 0.25) is 0 Å². The van der Waals surface area contributed by atoms with E-state index < -0.39 is 12.2 Å². The number of rotatable bonds is 6. The van der Waals surface area contributed by atoms with Crippen LogP contribution in [0.2, 0.25) is 0 Å². The molecule has 2 N–H and O–H groups in total. The van der Waals surface area contributed by atoms with Crippen molar-refractivity contribution in [3.63, 3.8) is 0 Å². The highest BCUT2D eigenvalue weighted by Crippen LogP contribution is 2.30. The predicted octanol–water partition coefficient (Wildman–Crippen LogP) is 2.62. The number of nitrogens with one attached hydrogen (secondary N) is 1. The van der Waals surface area contributed by atoms with Crippen molar-refractivity contribution >= 4 is 12.2 Å². The molecule has 0 unspecified atom stereocenters. The van der Waals surface area contributed by atoms with Crippen molar-refractivity contribution in [2.24, 2.45) is 11.8 Å². The van der Waals surface area contributed by atoms with Crippen LogP contribution < -0.4 is 5.32 Å². The molecular weight excluding hydrogens is 346 g/mol. The lowest BCUT2D eigenvalue weighted by atomic mass is 9.81. The fraction of sp³-hybridized carbons (Fsp3) is 0.600. The van der Waals surface area contributed by atoms with Crippen molar-refractivity contribution in [1.29, 1.82) is 0 Å². The van der Waals surface area contributed by atoms with E-state index >= 15 is 0 Å². The number of carbonyl (C=O) groups is 2. The van der Waals surface area contributed by atoms with Crippen molar-refractivity contribution < 1.29 is 19.4 Å². The van der Waals surface area contributed by atoms with E-state index in [9.17, 15) is 9.59 Å². The minimum atomic E-state index is -0.814. The largest absolute Gasteiger partial charge is 0.465 e. The van der Waals surface area contributed by atoms with Crippen LogP contribution in [0.3, 0.4) is 0 Å². The molecule has 0 radical (unpaired) electrons. The Morgan fingerprint density at radius 2 is 1.96 bits per heavy atom. The van der Waals surface area contributed by atoms with Crippen LogP contribution in [-0.4, -0.2) is 65.9 Å². The van der Waals surface area contributed by atoms with E-state index in [1.165, 1.54) is 4.90 Å². The predicted molar refractivity (Wildman–Crippen MR) is 101 cm³/mol.